The Bertz CT molecular complexity index is 1260. The predicted molar refractivity (Wildman–Crippen MR) is 115 cm³/mol. The molecule has 172 valence electrons. The number of alkyl halides is 3. The summed E-state index contributed by atoms with van der Waals surface area (Å²) in [7, 11) is 0. The molecule has 1 fully saturated rings. The van der Waals surface area contributed by atoms with Crippen molar-refractivity contribution in [1.82, 2.24) is 30.0 Å². The number of pyridine rings is 1. The monoisotopic (exact) mass is 459 g/mol. The molecule has 11 heteroatoms. The lowest BCUT2D eigenvalue weighted by atomic mass is 10.1. The van der Waals surface area contributed by atoms with E-state index >= 15 is 0 Å². The van der Waals surface area contributed by atoms with Crippen LogP contribution in [0.5, 0.6) is 0 Å². The van der Waals surface area contributed by atoms with Crippen LogP contribution in [-0.2, 0) is 12.7 Å². The Labute approximate surface area is 186 Å². The fourth-order valence-corrected chi connectivity index (χ4v) is 4.21. The van der Waals surface area contributed by atoms with Crippen molar-refractivity contribution < 1.29 is 17.6 Å². The first-order valence-electron chi connectivity index (χ1n) is 10.5. The summed E-state index contributed by atoms with van der Waals surface area (Å²) in [6, 6.07) is 6.95. The standard InChI is InChI=1S/C22H21F4N7/c1-13-11-32(6-7-33(13)19-5-2-15(10-27-19)22(24,25)26)12-14-9-28-31-20(14)21-29-17-4-3-16(23)8-18(17)30-21/h2-5,8-10,13H,6-7,11-12H2,1H3,(H,28,31)(H,29,30)/t13-/m1/s1. The maximum absolute atomic E-state index is 13.5. The summed E-state index contributed by atoms with van der Waals surface area (Å²) < 4.78 is 51.9. The molecule has 3 aromatic heterocycles. The van der Waals surface area contributed by atoms with Crippen molar-refractivity contribution >= 4 is 16.9 Å². The Balaban J connectivity index is 1.28. The van der Waals surface area contributed by atoms with E-state index in [0.717, 1.165) is 23.3 Å². The molecule has 33 heavy (non-hydrogen) atoms. The van der Waals surface area contributed by atoms with Gasteiger partial charge in [0.2, 0.25) is 0 Å². The third-order valence-electron chi connectivity index (χ3n) is 5.86. The second kappa shape index (κ2) is 8.14. The van der Waals surface area contributed by atoms with Crippen molar-refractivity contribution in [3.63, 3.8) is 0 Å². The van der Waals surface area contributed by atoms with Gasteiger partial charge < -0.3 is 9.88 Å². The molecule has 1 aromatic carbocycles. The van der Waals surface area contributed by atoms with E-state index in [1.165, 1.54) is 18.2 Å². The minimum atomic E-state index is -4.40. The van der Waals surface area contributed by atoms with E-state index in [0.29, 0.717) is 49.0 Å². The first-order valence-corrected chi connectivity index (χ1v) is 10.5. The number of anilines is 1. The number of benzene rings is 1. The Morgan fingerprint density at radius 1 is 1.15 bits per heavy atom. The summed E-state index contributed by atoms with van der Waals surface area (Å²) in [5, 5.41) is 7.21. The highest BCUT2D eigenvalue weighted by Crippen LogP contribution is 2.30. The van der Waals surface area contributed by atoms with Gasteiger partial charge in [0, 0.05) is 56.2 Å². The van der Waals surface area contributed by atoms with Gasteiger partial charge in [-0.05, 0) is 31.2 Å². The lowest BCUT2D eigenvalue weighted by Gasteiger charge is -2.40. The molecule has 0 bridgehead atoms. The SMILES string of the molecule is C[C@@H]1CN(Cc2c[nH]nc2-c2nc3cc(F)ccc3[nH]2)CCN1c1ccc(C(F)(F)F)cn1. The number of fused-ring (bicyclic) bond motifs is 1. The number of aromatic nitrogens is 5. The lowest BCUT2D eigenvalue weighted by molar-refractivity contribution is -0.137. The van der Waals surface area contributed by atoms with Gasteiger partial charge in [0.25, 0.3) is 0 Å². The number of piperazine rings is 1. The van der Waals surface area contributed by atoms with Crippen LogP contribution in [0.25, 0.3) is 22.6 Å². The maximum Gasteiger partial charge on any atom is 0.417 e. The number of aromatic amines is 2. The summed E-state index contributed by atoms with van der Waals surface area (Å²) in [5.74, 6) is 0.748. The summed E-state index contributed by atoms with van der Waals surface area (Å²) in [6.07, 6.45) is -1.70. The number of hydrogen-bond acceptors (Lipinski definition) is 5. The highest BCUT2D eigenvalue weighted by Gasteiger charge is 2.32. The second-order valence-electron chi connectivity index (χ2n) is 8.19. The van der Waals surface area contributed by atoms with Gasteiger partial charge in [-0.1, -0.05) is 0 Å². The largest absolute Gasteiger partial charge is 0.417 e. The molecular weight excluding hydrogens is 438 g/mol. The molecule has 1 aliphatic rings. The van der Waals surface area contributed by atoms with Gasteiger partial charge in [-0.25, -0.2) is 14.4 Å². The average molecular weight is 459 g/mol. The first-order chi connectivity index (χ1) is 15.8. The van der Waals surface area contributed by atoms with E-state index in [2.05, 4.69) is 30.0 Å². The maximum atomic E-state index is 13.5. The van der Waals surface area contributed by atoms with E-state index < -0.39 is 11.7 Å². The molecule has 4 aromatic rings. The predicted octanol–water partition coefficient (Wildman–Crippen LogP) is 4.22. The van der Waals surface area contributed by atoms with Gasteiger partial charge >= 0.3 is 6.18 Å². The minimum absolute atomic E-state index is 0.0625. The Kier molecular flexibility index (Phi) is 5.28. The Hall–Kier alpha value is -3.47. The molecule has 5 rings (SSSR count). The molecule has 0 radical (unpaired) electrons. The van der Waals surface area contributed by atoms with Gasteiger partial charge in [-0.3, -0.25) is 10.00 Å². The van der Waals surface area contributed by atoms with Gasteiger partial charge in [0.05, 0.1) is 16.6 Å². The van der Waals surface area contributed by atoms with Crippen LogP contribution in [0.15, 0.2) is 42.7 Å². The van der Waals surface area contributed by atoms with Crippen LogP contribution in [-0.4, -0.2) is 55.7 Å². The first kappa shape index (κ1) is 21.4. The Morgan fingerprint density at radius 3 is 2.73 bits per heavy atom. The van der Waals surface area contributed by atoms with Gasteiger partial charge in [-0.2, -0.15) is 18.3 Å². The van der Waals surface area contributed by atoms with Crippen LogP contribution in [0.1, 0.15) is 18.1 Å². The number of imidazole rings is 1. The number of H-pyrrole nitrogens is 2. The van der Waals surface area contributed by atoms with Crippen LogP contribution < -0.4 is 4.90 Å². The van der Waals surface area contributed by atoms with Crippen LogP contribution in [0, 0.1) is 5.82 Å². The molecule has 4 heterocycles. The Morgan fingerprint density at radius 2 is 2.00 bits per heavy atom. The molecule has 1 saturated heterocycles. The number of rotatable bonds is 4. The highest BCUT2D eigenvalue weighted by molar-refractivity contribution is 5.79. The van der Waals surface area contributed by atoms with E-state index in [-0.39, 0.29) is 11.9 Å². The molecule has 0 saturated carbocycles. The zero-order valence-corrected chi connectivity index (χ0v) is 17.7. The highest BCUT2D eigenvalue weighted by atomic mass is 19.4. The fourth-order valence-electron chi connectivity index (χ4n) is 4.21. The molecule has 0 unspecified atom stereocenters. The molecule has 0 aliphatic carbocycles. The molecule has 7 nitrogen and oxygen atoms in total. The van der Waals surface area contributed by atoms with Crippen molar-refractivity contribution in [1.29, 1.82) is 0 Å². The van der Waals surface area contributed by atoms with Crippen LogP contribution >= 0.6 is 0 Å². The van der Waals surface area contributed by atoms with Crippen molar-refractivity contribution in [2.45, 2.75) is 25.7 Å². The van der Waals surface area contributed by atoms with E-state index in [4.69, 9.17) is 0 Å². The molecule has 1 aliphatic heterocycles. The van der Waals surface area contributed by atoms with Crippen molar-refractivity contribution in [3.8, 4) is 11.5 Å². The summed E-state index contributed by atoms with van der Waals surface area (Å²) >= 11 is 0. The van der Waals surface area contributed by atoms with E-state index in [1.54, 1.807) is 6.07 Å². The fraction of sp³-hybridized carbons (Fsp3) is 0.318. The second-order valence-corrected chi connectivity index (χ2v) is 8.19. The van der Waals surface area contributed by atoms with E-state index in [1.807, 2.05) is 18.0 Å². The number of nitrogens with one attached hydrogen (secondary N) is 2. The molecular formula is C22H21F4N7. The van der Waals surface area contributed by atoms with Gasteiger partial charge in [0.15, 0.2) is 5.82 Å². The molecule has 0 spiro atoms. The summed E-state index contributed by atoms with van der Waals surface area (Å²) in [6.45, 7) is 4.70. The molecule has 1 atom stereocenters. The topological polar surface area (TPSA) is 76.7 Å². The summed E-state index contributed by atoms with van der Waals surface area (Å²) in [4.78, 5) is 15.9. The third-order valence-corrected chi connectivity index (χ3v) is 5.86. The molecule has 0 amide bonds. The summed E-state index contributed by atoms with van der Waals surface area (Å²) in [5.41, 5.74) is 2.13. The zero-order valence-electron chi connectivity index (χ0n) is 17.7. The normalized spacial score (nSPS) is 17.7. The quantitative estimate of drug-likeness (QED) is 0.447. The average Bonchev–Trinajstić information content (AvgIpc) is 3.39. The lowest BCUT2D eigenvalue weighted by Crippen LogP contribution is -2.51. The van der Waals surface area contributed by atoms with Crippen LogP contribution in [0.3, 0.4) is 0 Å². The van der Waals surface area contributed by atoms with Crippen molar-refractivity contribution in [3.05, 3.63) is 59.7 Å². The van der Waals surface area contributed by atoms with Gasteiger partial charge in [-0.15, -0.1) is 0 Å². The number of halogens is 4. The van der Waals surface area contributed by atoms with Crippen LogP contribution in [0.2, 0.25) is 0 Å². The van der Waals surface area contributed by atoms with Crippen molar-refractivity contribution in [2.24, 2.45) is 0 Å². The van der Waals surface area contributed by atoms with E-state index in [9.17, 15) is 17.6 Å². The number of hydrogen-bond donors (Lipinski definition) is 2. The number of nitrogens with zero attached hydrogens (tertiary/aromatic N) is 5. The smallest absolute Gasteiger partial charge is 0.351 e. The minimum Gasteiger partial charge on any atom is -0.351 e. The zero-order chi connectivity index (χ0) is 23.2. The third kappa shape index (κ3) is 4.28. The molecule has 2 N–H and O–H groups in total. The van der Waals surface area contributed by atoms with Crippen LogP contribution in [0.4, 0.5) is 23.4 Å². The van der Waals surface area contributed by atoms with Crippen molar-refractivity contribution in [2.75, 3.05) is 24.5 Å². The van der Waals surface area contributed by atoms with Gasteiger partial charge in [0.1, 0.15) is 17.3 Å².